The molecule has 4 aromatic carbocycles. The maximum absolute atomic E-state index is 4.84. The van der Waals surface area contributed by atoms with Gasteiger partial charge in [-0.1, -0.05) is 111 Å². The van der Waals surface area contributed by atoms with Gasteiger partial charge in [-0.2, -0.15) is 0 Å². The van der Waals surface area contributed by atoms with Gasteiger partial charge in [0.25, 0.3) is 0 Å². The fraction of sp³-hybridized carbons (Fsp3) is 0.278. The van der Waals surface area contributed by atoms with E-state index < -0.39 is 0 Å². The Balaban J connectivity index is 0.00000202. The van der Waals surface area contributed by atoms with Crippen LogP contribution in [-0.2, 0) is 0 Å². The van der Waals surface area contributed by atoms with E-state index in [9.17, 15) is 0 Å². The van der Waals surface area contributed by atoms with Crippen molar-refractivity contribution >= 4 is 79.8 Å². The van der Waals surface area contributed by atoms with Gasteiger partial charge in [0.05, 0.1) is 33.4 Å². The Morgan fingerprint density at radius 2 is 0.619 bits per heavy atom. The lowest BCUT2D eigenvalue weighted by molar-refractivity contribution is 0.577. The minimum Gasteiger partial charge on any atom is -0.384 e. The smallest absolute Gasteiger partial charge is 0.0730 e. The number of para-hydroxylation sites is 4. The number of halogens is 2. The third-order valence-electron chi connectivity index (χ3n) is 7.88. The van der Waals surface area contributed by atoms with E-state index in [1.54, 1.807) is 0 Å². The average molecular weight is 600 g/mol. The number of hydrogen-bond donors (Lipinski definition) is 2. The molecule has 2 aromatic heterocycles. The molecule has 0 atom stereocenters. The number of nitrogens with one attached hydrogen (secondary N) is 2. The molecule has 0 aliphatic heterocycles. The molecule has 6 aromatic rings. The minimum atomic E-state index is 0. The Morgan fingerprint density at radius 3 is 0.929 bits per heavy atom. The number of pyridine rings is 2. The molecule has 0 saturated carbocycles. The van der Waals surface area contributed by atoms with Crippen LogP contribution in [0.3, 0.4) is 0 Å². The molecule has 6 rings (SSSR count). The molecule has 0 fully saturated rings. The molecular weight excluding hydrogens is 559 g/mol. The molecule has 0 spiro atoms. The van der Waals surface area contributed by atoms with Gasteiger partial charge in [-0.25, -0.2) is 9.97 Å². The lowest BCUT2D eigenvalue weighted by Crippen LogP contribution is -2.04. The van der Waals surface area contributed by atoms with Gasteiger partial charge in [0.2, 0.25) is 0 Å². The summed E-state index contributed by atoms with van der Waals surface area (Å²) in [6.45, 7) is 2.00. The van der Waals surface area contributed by atoms with Crippen molar-refractivity contribution in [2.75, 3.05) is 23.7 Å². The maximum atomic E-state index is 4.84. The van der Waals surface area contributed by atoms with Gasteiger partial charge in [0.15, 0.2) is 0 Å². The number of aromatic nitrogens is 2. The van der Waals surface area contributed by atoms with E-state index in [1.165, 1.54) is 84.3 Å². The standard InChI is InChI=1S/C36H38N4.2ClH/c1(3-5-15-25-37-35-27-17-7-11-21-31(27)39-32-22-12-8-18-28(32)35)2-4-6-16-26-38-36-29-19-9-13-23-33(29)40-34-24-14-10-20-30(34)36;;/h7-14,17-24H,1-6,15-16,25-26H2,(H,37,39)(H,38,40);2*1H. The van der Waals surface area contributed by atoms with Crippen molar-refractivity contribution in [1.29, 1.82) is 0 Å². The van der Waals surface area contributed by atoms with Crippen LogP contribution in [0.1, 0.15) is 51.4 Å². The van der Waals surface area contributed by atoms with E-state index in [-0.39, 0.29) is 24.8 Å². The summed E-state index contributed by atoms with van der Waals surface area (Å²) in [4.78, 5) is 9.67. The number of nitrogens with zero attached hydrogens (tertiary/aromatic N) is 2. The summed E-state index contributed by atoms with van der Waals surface area (Å²) in [5, 5.41) is 12.3. The van der Waals surface area contributed by atoms with Gasteiger partial charge in [0, 0.05) is 34.6 Å². The Bertz CT molecular complexity index is 1500. The molecule has 0 radical (unpaired) electrons. The molecule has 6 heteroatoms. The van der Waals surface area contributed by atoms with Gasteiger partial charge in [-0.15, -0.1) is 24.8 Å². The molecule has 0 aliphatic carbocycles. The maximum Gasteiger partial charge on any atom is 0.0730 e. The lowest BCUT2D eigenvalue weighted by atomic mass is 10.1. The molecule has 4 nitrogen and oxygen atoms in total. The predicted octanol–water partition coefficient (Wildman–Crippen LogP) is 10.6. The summed E-state index contributed by atoms with van der Waals surface area (Å²) in [6, 6.07) is 33.8. The van der Waals surface area contributed by atoms with Crippen molar-refractivity contribution in [3.63, 3.8) is 0 Å². The van der Waals surface area contributed by atoms with Gasteiger partial charge in [-0.3, -0.25) is 0 Å². The highest BCUT2D eigenvalue weighted by molar-refractivity contribution is 6.08. The van der Waals surface area contributed by atoms with Crippen LogP contribution in [0.25, 0.3) is 43.6 Å². The van der Waals surface area contributed by atoms with Gasteiger partial charge >= 0.3 is 0 Å². The van der Waals surface area contributed by atoms with E-state index in [2.05, 4.69) is 108 Å². The van der Waals surface area contributed by atoms with E-state index >= 15 is 0 Å². The Morgan fingerprint density at radius 1 is 0.357 bits per heavy atom. The third-order valence-corrected chi connectivity index (χ3v) is 7.88. The molecule has 0 saturated heterocycles. The molecule has 0 amide bonds. The zero-order valence-corrected chi connectivity index (χ0v) is 25.7. The largest absolute Gasteiger partial charge is 0.384 e. The zero-order chi connectivity index (χ0) is 27.0. The van der Waals surface area contributed by atoms with E-state index in [4.69, 9.17) is 9.97 Å². The Kier molecular flexibility index (Phi) is 11.6. The van der Waals surface area contributed by atoms with Gasteiger partial charge < -0.3 is 10.6 Å². The van der Waals surface area contributed by atoms with Crippen LogP contribution in [0.2, 0.25) is 0 Å². The van der Waals surface area contributed by atoms with Gasteiger partial charge in [0.1, 0.15) is 0 Å². The summed E-state index contributed by atoms with van der Waals surface area (Å²) < 4.78 is 0. The molecular formula is C36H40Cl2N4. The first kappa shape index (κ1) is 31.3. The number of fused-ring (bicyclic) bond motifs is 4. The molecule has 42 heavy (non-hydrogen) atoms. The highest BCUT2D eigenvalue weighted by Gasteiger charge is 2.09. The molecule has 0 unspecified atom stereocenters. The Labute approximate surface area is 261 Å². The van der Waals surface area contributed by atoms with Crippen LogP contribution < -0.4 is 10.6 Å². The third kappa shape index (κ3) is 7.24. The first-order valence-corrected chi connectivity index (χ1v) is 14.9. The minimum absolute atomic E-state index is 0. The summed E-state index contributed by atoms with van der Waals surface area (Å²) in [6.07, 6.45) is 10.2. The van der Waals surface area contributed by atoms with Crippen molar-refractivity contribution in [3.8, 4) is 0 Å². The predicted molar refractivity (Wildman–Crippen MR) is 187 cm³/mol. The van der Waals surface area contributed by atoms with Gasteiger partial charge in [-0.05, 0) is 37.1 Å². The average Bonchev–Trinajstić information content (AvgIpc) is 3.00. The SMILES string of the molecule is Cl.Cl.c1ccc2c(NCCCCCCCCCCNc3c4ccccc4nc4ccccc34)c3ccccc3nc2c1. The number of unbranched alkanes of at least 4 members (excludes halogenated alkanes) is 7. The molecule has 0 bridgehead atoms. The number of anilines is 2. The first-order valence-electron chi connectivity index (χ1n) is 14.9. The second kappa shape index (κ2) is 15.6. The van der Waals surface area contributed by atoms with Crippen molar-refractivity contribution in [3.05, 3.63) is 97.1 Å². The Hall–Kier alpha value is -3.60. The lowest BCUT2D eigenvalue weighted by Gasteiger charge is -2.13. The quantitative estimate of drug-likeness (QED) is 0.102. The van der Waals surface area contributed by atoms with Crippen LogP contribution in [0, 0.1) is 0 Å². The van der Waals surface area contributed by atoms with E-state index in [0.29, 0.717) is 0 Å². The summed E-state index contributed by atoms with van der Waals surface area (Å²) in [5.41, 5.74) is 6.68. The fourth-order valence-electron chi connectivity index (χ4n) is 5.80. The highest BCUT2D eigenvalue weighted by Crippen LogP contribution is 2.32. The van der Waals surface area contributed by atoms with E-state index in [0.717, 1.165) is 35.2 Å². The zero-order valence-electron chi connectivity index (χ0n) is 24.0. The fourth-order valence-corrected chi connectivity index (χ4v) is 5.80. The second-order valence-corrected chi connectivity index (χ2v) is 10.7. The van der Waals surface area contributed by atoms with E-state index in [1.807, 2.05) is 0 Å². The first-order chi connectivity index (χ1) is 19.9. The highest BCUT2D eigenvalue weighted by atomic mass is 35.5. The van der Waals surface area contributed by atoms with Crippen LogP contribution >= 0.6 is 24.8 Å². The van der Waals surface area contributed by atoms with Crippen LogP contribution in [0.5, 0.6) is 0 Å². The molecule has 218 valence electrons. The van der Waals surface area contributed by atoms with Crippen molar-refractivity contribution in [2.45, 2.75) is 51.4 Å². The molecule has 0 aliphatic rings. The van der Waals surface area contributed by atoms with Crippen molar-refractivity contribution in [1.82, 2.24) is 9.97 Å². The number of rotatable bonds is 13. The van der Waals surface area contributed by atoms with Crippen molar-refractivity contribution in [2.24, 2.45) is 0 Å². The summed E-state index contributed by atoms with van der Waals surface area (Å²) in [7, 11) is 0. The normalized spacial score (nSPS) is 11.0. The second-order valence-electron chi connectivity index (χ2n) is 10.7. The van der Waals surface area contributed by atoms with Crippen molar-refractivity contribution < 1.29 is 0 Å². The molecule has 2 heterocycles. The monoisotopic (exact) mass is 598 g/mol. The van der Waals surface area contributed by atoms with Crippen LogP contribution in [0.4, 0.5) is 11.4 Å². The van der Waals surface area contributed by atoms with Crippen LogP contribution in [-0.4, -0.2) is 23.1 Å². The number of hydrogen-bond acceptors (Lipinski definition) is 4. The van der Waals surface area contributed by atoms with Crippen LogP contribution in [0.15, 0.2) is 97.1 Å². The molecule has 2 N–H and O–H groups in total. The summed E-state index contributed by atoms with van der Waals surface area (Å²) >= 11 is 0. The topological polar surface area (TPSA) is 49.8 Å². The summed E-state index contributed by atoms with van der Waals surface area (Å²) in [5.74, 6) is 0. The number of benzene rings is 4.